The first-order valence-corrected chi connectivity index (χ1v) is 7.04. The second-order valence-corrected chi connectivity index (χ2v) is 6.10. The number of hydrogen-bond acceptors (Lipinski definition) is 3. The van der Waals surface area contributed by atoms with Gasteiger partial charge in [-0.05, 0) is 56.9 Å². The Morgan fingerprint density at radius 3 is 2.70 bits per heavy atom. The van der Waals surface area contributed by atoms with E-state index in [0.717, 1.165) is 17.8 Å². The van der Waals surface area contributed by atoms with Crippen molar-refractivity contribution in [2.24, 2.45) is 5.73 Å². The summed E-state index contributed by atoms with van der Waals surface area (Å²) in [4.78, 5) is 11.8. The molecule has 0 radical (unpaired) electrons. The van der Waals surface area contributed by atoms with E-state index in [-0.39, 0.29) is 5.54 Å². The Morgan fingerprint density at radius 2 is 2.15 bits per heavy atom. The minimum absolute atomic E-state index is 0.173. The summed E-state index contributed by atoms with van der Waals surface area (Å²) in [6.07, 6.45) is 0.938. The van der Waals surface area contributed by atoms with Gasteiger partial charge in [0.05, 0.1) is 11.2 Å². The van der Waals surface area contributed by atoms with Crippen LogP contribution in [0, 0.1) is 0 Å². The Morgan fingerprint density at radius 1 is 1.50 bits per heavy atom. The van der Waals surface area contributed by atoms with Gasteiger partial charge in [-0.2, -0.15) is 0 Å². The maximum Gasteiger partial charge on any atom is 0.333 e. The number of rotatable bonds is 2. The third-order valence-electron chi connectivity index (χ3n) is 3.99. The van der Waals surface area contributed by atoms with Crippen molar-refractivity contribution in [3.05, 3.63) is 23.8 Å². The first kappa shape index (κ1) is 14.5. The molecule has 0 fully saturated rings. The van der Waals surface area contributed by atoms with Crippen LogP contribution in [0.1, 0.15) is 45.6 Å². The molecule has 0 aromatic heterocycles. The van der Waals surface area contributed by atoms with Crippen LogP contribution in [0.25, 0.3) is 0 Å². The standard InChI is InChI=1S/C15H24N4O/c1-5-18(14(17)20)19-13-7-6-11(16)8-12(13)10(2)9-15(19,3)4/h6-8,10H,5,9,16H2,1-4H3,(H2,17,20). The van der Waals surface area contributed by atoms with Gasteiger partial charge in [-0.3, -0.25) is 5.01 Å². The Balaban J connectivity index is 2.59. The Labute approximate surface area is 120 Å². The lowest BCUT2D eigenvalue weighted by molar-refractivity contribution is 0.174. The van der Waals surface area contributed by atoms with Crippen molar-refractivity contribution in [2.75, 3.05) is 17.3 Å². The van der Waals surface area contributed by atoms with E-state index >= 15 is 0 Å². The summed E-state index contributed by atoms with van der Waals surface area (Å²) in [6, 6.07) is 5.41. The third-order valence-corrected chi connectivity index (χ3v) is 3.99. The second kappa shape index (κ2) is 4.89. The zero-order valence-corrected chi connectivity index (χ0v) is 12.7. The van der Waals surface area contributed by atoms with Crippen LogP contribution in [-0.2, 0) is 0 Å². The van der Waals surface area contributed by atoms with Crippen LogP contribution in [0.2, 0.25) is 0 Å². The van der Waals surface area contributed by atoms with Gasteiger partial charge in [-0.25, -0.2) is 9.80 Å². The Bertz CT molecular complexity index is 527. The summed E-state index contributed by atoms with van der Waals surface area (Å²) in [6.45, 7) is 8.92. The quantitative estimate of drug-likeness (QED) is 0.815. The van der Waals surface area contributed by atoms with Crippen LogP contribution in [0.4, 0.5) is 16.2 Å². The molecule has 0 saturated heterocycles. The molecule has 20 heavy (non-hydrogen) atoms. The van der Waals surface area contributed by atoms with Crippen LogP contribution < -0.4 is 16.5 Å². The van der Waals surface area contributed by atoms with Gasteiger partial charge in [0, 0.05) is 12.2 Å². The molecule has 2 amide bonds. The number of hydrazine groups is 1. The number of nitrogen functional groups attached to an aromatic ring is 1. The summed E-state index contributed by atoms with van der Waals surface area (Å²) < 4.78 is 0. The van der Waals surface area contributed by atoms with Gasteiger partial charge >= 0.3 is 6.03 Å². The number of carbonyl (C=O) groups excluding carboxylic acids is 1. The van der Waals surface area contributed by atoms with Gasteiger partial charge in [0.15, 0.2) is 0 Å². The van der Waals surface area contributed by atoms with Crippen LogP contribution in [-0.4, -0.2) is 23.1 Å². The van der Waals surface area contributed by atoms with Gasteiger partial charge in [-0.1, -0.05) is 6.92 Å². The molecule has 0 bridgehead atoms. The van der Waals surface area contributed by atoms with E-state index in [0.29, 0.717) is 12.5 Å². The molecule has 1 aromatic rings. The number of primary amides is 1. The number of fused-ring (bicyclic) bond motifs is 1. The van der Waals surface area contributed by atoms with E-state index in [9.17, 15) is 4.79 Å². The maximum atomic E-state index is 11.8. The molecular weight excluding hydrogens is 252 g/mol. The topological polar surface area (TPSA) is 75.6 Å². The van der Waals surface area contributed by atoms with Gasteiger partial charge in [0.1, 0.15) is 0 Å². The molecule has 0 aliphatic carbocycles. The summed E-state index contributed by atoms with van der Waals surface area (Å²) in [5.41, 5.74) is 14.2. The SMILES string of the molecule is CCN(C(N)=O)N1c2ccc(N)cc2C(C)CC1(C)C. The van der Waals surface area contributed by atoms with Crippen molar-refractivity contribution >= 4 is 17.4 Å². The minimum Gasteiger partial charge on any atom is -0.399 e. The molecule has 110 valence electrons. The summed E-state index contributed by atoms with van der Waals surface area (Å²) >= 11 is 0. The van der Waals surface area contributed by atoms with Crippen molar-refractivity contribution < 1.29 is 4.79 Å². The van der Waals surface area contributed by atoms with Crippen molar-refractivity contribution in [3.8, 4) is 0 Å². The van der Waals surface area contributed by atoms with Gasteiger partial charge in [0.2, 0.25) is 0 Å². The third kappa shape index (κ3) is 2.28. The Hall–Kier alpha value is -1.91. The highest BCUT2D eigenvalue weighted by molar-refractivity contribution is 5.76. The monoisotopic (exact) mass is 276 g/mol. The van der Waals surface area contributed by atoms with Gasteiger partial charge in [-0.15, -0.1) is 0 Å². The maximum absolute atomic E-state index is 11.8. The average molecular weight is 276 g/mol. The number of hydrogen-bond donors (Lipinski definition) is 2. The number of urea groups is 1. The van der Waals surface area contributed by atoms with Crippen LogP contribution in [0.3, 0.4) is 0 Å². The number of nitrogens with two attached hydrogens (primary N) is 2. The smallest absolute Gasteiger partial charge is 0.333 e. The van der Waals surface area contributed by atoms with E-state index in [2.05, 4.69) is 20.8 Å². The highest BCUT2D eigenvalue weighted by Crippen LogP contribution is 2.44. The Kier molecular flexibility index (Phi) is 3.54. The molecule has 5 heteroatoms. The van der Waals surface area contributed by atoms with Crippen molar-refractivity contribution in [3.63, 3.8) is 0 Å². The van der Waals surface area contributed by atoms with Gasteiger partial charge in [0.25, 0.3) is 0 Å². The van der Waals surface area contributed by atoms with E-state index < -0.39 is 6.03 Å². The molecule has 5 nitrogen and oxygen atoms in total. The van der Waals surface area contributed by atoms with Crippen LogP contribution >= 0.6 is 0 Å². The van der Waals surface area contributed by atoms with Crippen LogP contribution in [0.15, 0.2) is 18.2 Å². The summed E-state index contributed by atoms with van der Waals surface area (Å²) in [7, 11) is 0. The zero-order valence-electron chi connectivity index (χ0n) is 12.7. The lowest BCUT2D eigenvalue weighted by Crippen LogP contribution is -2.60. The van der Waals surface area contributed by atoms with E-state index in [4.69, 9.17) is 11.5 Å². The van der Waals surface area contributed by atoms with E-state index in [1.54, 1.807) is 5.01 Å². The van der Waals surface area contributed by atoms with E-state index in [1.807, 2.05) is 30.1 Å². The lowest BCUT2D eigenvalue weighted by atomic mass is 9.81. The second-order valence-electron chi connectivity index (χ2n) is 6.10. The highest BCUT2D eigenvalue weighted by Gasteiger charge is 2.40. The predicted octanol–water partition coefficient (Wildman–Crippen LogP) is 2.68. The van der Waals surface area contributed by atoms with Gasteiger partial charge < -0.3 is 11.5 Å². The molecule has 1 unspecified atom stereocenters. The molecule has 2 rings (SSSR count). The first-order valence-electron chi connectivity index (χ1n) is 7.04. The van der Waals surface area contributed by atoms with Crippen molar-refractivity contribution in [1.82, 2.24) is 5.01 Å². The van der Waals surface area contributed by atoms with Crippen molar-refractivity contribution in [2.45, 2.75) is 45.6 Å². The fourth-order valence-electron chi connectivity index (χ4n) is 3.29. The molecule has 1 aromatic carbocycles. The predicted molar refractivity (Wildman–Crippen MR) is 82.4 cm³/mol. The van der Waals surface area contributed by atoms with Crippen molar-refractivity contribution in [1.29, 1.82) is 0 Å². The highest BCUT2D eigenvalue weighted by atomic mass is 16.2. The summed E-state index contributed by atoms with van der Waals surface area (Å²) in [5, 5.41) is 3.62. The molecule has 1 aliphatic rings. The van der Waals surface area contributed by atoms with E-state index in [1.165, 1.54) is 5.56 Å². The number of amides is 2. The number of carbonyl (C=O) groups is 1. The van der Waals surface area contributed by atoms with Crippen LogP contribution in [0.5, 0.6) is 0 Å². The fraction of sp³-hybridized carbons (Fsp3) is 0.533. The first-order chi connectivity index (χ1) is 9.27. The number of benzene rings is 1. The average Bonchev–Trinajstić information content (AvgIpc) is 2.33. The molecule has 1 atom stereocenters. The summed E-state index contributed by atoms with van der Waals surface area (Å²) in [5.74, 6) is 0.395. The molecule has 0 saturated carbocycles. The normalized spacial score (nSPS) is 20.4. The number of nitrogens with zero attached hydrogens (tertiary/aromatic N) is 2. The zero-order chi connectivity index (χ0) is 15.1. The largest absolute Gasteiger partial charge is 0.399 e. The fourth-order valence-corrected chi connectivity index (χ4v) is 3.29. The molecule has 0 spiro atoms. The lowest BCUT2D eigenvalue weighted by Gasteiger charge is -2.51. The molecule has 1 aliphatic heterocycles. The number of anilines is 2. The molecular formula is C15H24N4O. The molecule has 4 N–H and O–H groups in total. The minimum atomic E-state index is -0.432. The molecule has 1 heterocycles.